The number of nitrogens with zero attached hydrogens (tertiary/aromatic N) is 8. The van der Waals surface area contributed by atoms with Gasteiger partial charge in [-0.3, -0.25) is 4.90 Å². The van der Waals surface area contributed by atoms with E-state index in [0.717, 1.165) is 5.56 Å². The molecule has 1 aromatic carbocycles. The number of aromatic nitrogens is 4. The van der Waals surface area contributed by atoms with Crippen molar-refractivity contribution in [3.63, 3.8) is 0 Å². The molecule has 0 aliphatic carbocycles. The average Bonchev–Trinajstić information content (AvgIpc) is 3.54. The molecule has 0 saturated carbocycles. The normalized spacial score (nSPS) is 16.9. The van der Waals surface area contributed by atoms with Crippen LogP contribution in [0.25, 0.3) is 11.7 Å². The second kappa shape index (κ2) is 10.1. The third kappa shape index (κ3) is 4.99. The fourth-order valence-electron chi connectivity index (χ4n) is 4.49. The van der Waals surface area contributed by atoms with Gasteiger partial charge >= 0.3 is 12.2 Å². The molecule has 190 valence electrons. The summed E-state index contributed by atoms with van der Waals surface area (Å²) in [5.41, 5.74) is 2.10. The zero-order valence-electron chi connectivity index (χ0n) is 20.1. The van der Waals surface area contributed by atoms with Crippen molar-refractivity contribution in [1.29, 1.82) is 5.26 Å². The number of hydrogen-bond acceptors (Lipinski definition) is 10. The van der Waals surface area contributed by atoms with Crippen LogP contribution in [0.4, 0.5) is 15.4 Å². The Morgan fingerprint density at radius 3 is 2.70 bits per heavy atom. The summed E-state index contributed by atoms with van der Waals surface area (Å²) in [6, 6.07) is 11.1. The smallest absolute Gasteiger partial charge is 0.410 e. The molecule has 1 fully saturated rings. The first-order valence-electron chi connectivity index (χ1n) is 11.7. The molecule has 1 atom stereocenters. The van der Waals surface area contributed by atoms with Gasteiger partial charge in [0.15, 0.2) is 0 Å². The highest BCUT2D eigenvalue weighted by Crippen LogP contribution is 2.33. The molecule has 13 nitrogen and oxygen atoms in total. The number of rotatable bonds is 5. The number of hydrogen-bond donors (Lipinski definition) is 1. The zero-order valence-corrected chi connectivity index (χ0v) is 20.1. The lowest BCUT2D eigenvalue weighted by atomic mass is 10.1. The molecule has 3 aromatic rings. The number of carboxylic acid groups (broad SMARTS) is 1. The standard InChI is InChI=1S/C24H24N8O5/c1-15-28-29-22(37-15)20-26-19-13-31(23(33)34)12-18(19)21(27-20)30-9-10-32(17(11-30)7-8-25)24(35)36-14-16-5-3-2-4-6-16/h2-6,17H,7,9-14H2,1H3,(H,33,34)/t17-/m0/s1. The van der Waals surface area contributed by atoms with E-state index in [2.05, 4.69) is 26.2 Å². The van der Waals surface area contributed by atoms with Gasteiger partial charge in [0.25, 0.3) is 5.89 Å². The van der Waals surface area contributed by atoms with Gasteiger partial charge in [0, 0.05) is 32.1 Å². The summed E-state index contributed by atoms with van der Waals surface area (Å²) in [4.78, 5) is 38.5. The Labute approximate surface area is 211 Å². The van der Waals surface area contributed by atoms with Gasteiger partial charge in [0.2, 0.25) is 11.7 Å². The van der Waals surface area contributed by atoms with Crippen LogP contribution >= 0.6 is 0 Å². The van der Waals surface area contributed by atoms with E-state index in [1.807, 2.05) is 35.2 Å². The number of piperazine rings is 1. The molecule has 4 heterocycles. The number of fused-ring (bicyclic) bond motifs is 1. The SMILES string of the molecule is Cc1nnc(-c2nc3c(c(N4CCN(C(=O)OCc5ccccc5)[C@@H](CC#N)C4)n2)CN(C(=O)O)C3)o1. The number of carbonyl (C=O) groups is 2. The van der Waals surface area contributed by atoms with Crippen LogP contribution in [-0.4, -0.2) is 72.9 Å². The van der Waals surface area contributed by atoms with Crippen LogP contribution < -0.4 is 4.90 Å². The van der Waals surface area contributed by atoms with E-state index < -0.39 is 18.2 Å². The molecule has 2 amide bonds. The Morgan fingerprint density at radius 2 is 2.00 bits per heavy atom. The number of carbonyl (C=O) groups excluding carboxylic acids is 1. The van der Waals surface area contributed by atoms with E-state index in [-0.39, 0.29) is 37.8 Å². The minimum absolute atomic E-state index is 0.0984. The van der Waals surface area contributed by atoms with Gasteiger partial charge in [-0.1, -0.05) is 30.3 Å². The molecule has 2 aromatic heterocycles. The molecule has 0 radical (unpaired) electrons. The van der Waals surface area contributed by atoms with Crippen LogP contribution in [0.5, 0.6) is 0 Å². The summed E-state index contributed by atoms with van der Waals surface area (Å²) in [7, 11) is 0. The summed E-state index contributed by atoms with van der Waals surface area (Å²) in [6.07, 6.45) is -1.45. The van der Waals surface area contributed by atoms with Gasteiger partial charge in [-0.05, 0) is 5.56 Å². The average molecular weight is 505 g/mol. The lowest BCUT2D eigenvalue weighted by Gasteiger charge is -2.40. The minimum atomic E-state index is -1.06. The monoisotopic (exact) mass is 504 g/mol. The van der Waals surface area contributed by atoms with E-state index >= 15 is 0 Å². The van der Waals surface area contributed by atoms with Crippen molar-refractivity contribution in [2.45, 2.75) is 39.1 Å². The van der Waals surface area contributed by atoms with Crippen molar-refractivity contribution in [3.05, 3.63) is 53.0 Å². The molecule has 2 aliphatic heterocycles. The van der Waals surface area contributed by atoms with Crippen LogP contribution in [0.3, 0.4) is 0 Å². The first-order valence-corrected chi connectivity index (χ1v) is 11.7. The predicted octanol–water partition coefficient (Wildman–Crippen LogP) is 2.57. The number of ether oxygens (including phenoxy) is 1. The zero-order chi connectivity index (χ0) is 25.9. The third-order valence-corrected chi connectivity index (χ3v) is 6.30. The first-order chi connectivity index (χ1) is 17.9. The maximum atomic E-state index is 12.9. The van der Waals surface area contributed by atoms with Crippen molar-refractivity contribution in [2.75, 3.05) is 24.5 Å². The lowest BCUT2D eigenvalue weighted by Crippen LogP contribution is -2.55. The fourth-order valence-corrected chi connectivity index (χ4v) is 4.49. The van der Waals surface area contributed by atoms with Crippen LogP contribution in [0.15, 0.2) is 34.7 Å². The minimum Gasteiger partial charge on any atom is -0.465 e. The van der Waals surface area contributed by atoms with Gasteiger partial charge in [-0.25, -0.2) is 19.6 Å². The number of benzene rings is 1. The van der Waals surface area contributed by atoms with Gasteiger partial charge < -0.3 is 24.1 Å². The van der Waals surface area contributed by atoms with E-state index in [0.29, 0.717) is 42.6 Å². The number of aryl methyl sites for hydroxylation is 1. The van der Waals surface area contributed by atoms with Gasteiger partial charge in [-0.2, -0.15) is 5.26 Å². The quantitative estimate of drug-likeness (QED) is 0.543. The first kappa shape index (κ1) is 24.0. The summed E-state index contributed by atoms with van der Waals surface area (Å²) in [5, 5.41) is 26.8. The molecule has 13 heteroatoms. The number of amides is 2. The van der Waals surface area contributed by atoms with Crippen molar-refractivity contribution in [1.82, 2.24) is 30.0 Å². The fraction of sp³-hybridized carbons (Fsp3) is 0.375. The second-order valence-corrected chi connectivity index (χ2v) is 8.76. The third-order valence-electron chi connectivity index (χ3n) is 6.30. The van der Waals surface area contributed by atoms with E-state index in [1.54, 1.807) is 11.8 Å². The molecule has 1 saturated heterocycles. The molecule has 0 unspecified atom stereocenters. The van der Waals surface area contributed by atoms with Crippen molar-refractivity contribution < 1.29 is 23.8 Å². The molecular weight excluding hydrogens is 480 g/mol. The lowest BCUT2D eigenvalue weighted by molar-refractivity contribution is 0.0767. The van der Waals surface area contributed by atoms with E-state index in [9.17, 15) is 20.0 Å². The molecular formula is C24H24N8O5. The van der Waals surface area contributed by atoms with E-state index in [4.69, 9.17) is 9.15 Å². The Morgan fingerprint density at radius 1 is 1.19 bits per heavy atom. The molecule has 0 bridgehead atoms. The second-order valence-electron chi connectivity index (χ2n) is 8.76. The van der Waals surface area contributed by atoms with Crippen LogP contribution in [0, 0.1) is 18.3 Å². The highest BCUT2D eigenvalue weighted by molar-refractivity contribution is 5.70. The van der Waals surface area contributed by atoms with E-state index in [1.165, 1.54) is 4.90 Å². The highest BCUT2D eigenvalue weighted by atomic mass is 16.6. The Kier molecular flexibility index (Phi) is 6.55. The molecule has 0 spiro atoms. The molecule has 5 rings (SSSR count). The van der Waals surface area contributed by atoms with Gasteiger partial charge in [-0.15, -0.1) is 10.2 Å². The van der Waals surface area contributed by atoms with Gasteiger partial charge in [0.1, 0.15) is 12.4 Å². The van der Waals surface area contributed by atoms with Crippen LogP contribution in [0.1, 0.15) is 29.1 Å². The number of anilines is 1. The largest absolute Gasteiger partial charge is 0.465 e. The Bertz CT molecular complexity index is 1350. The Balaban J connectivity index is 1.39. The number of nitriles is 1. The molecule has 2 aliphatic rings. The van der Waals surface area contributed by atoms with Crippen LogP contribution in [0.2, 0.25) is 0 Å². The summed E-state index contributed by atoms with van der Waals surface area (Å²) < 4.78 is 11.0. The summed E-state index contributed by atoms with van der Waals surface area (Å²) in [6.45, 7) is 3.04. The predicted molar refractivity (Wildman–Crippen MR) is 127 cm³/mol. The van der Waals surface area contributed by atoms with Gasteiger partial charge in [0.05, 0.1) is 37.3 Å². The molecule has 1 N–H and O–H groups in total. The topological polar surface area (TPSA) is 162 Å². The summed E-state index contributed by atoms with van der Waals surface area (Å²) in [5.74, 6) is 1.21. The van der Waals surface area contributed by atoms with Crippen molar-refractivity contribution >= 4 is 18.0 Å². The highest BCUT2D eigenvalue weighted by Gasteiger charge is 2.36. The maximum absolute atomic E-state index is 12.9. The summed E-state index contributed by atoms with van der Waals surface area (Å²) >= 11 is 0. The maximum Gasteiger partial charge on any atom is 0.410 e. The van der Waals surface area contributed by atoms with Crippen molar-refractivity contribution in [2.24, 2.45) is 0 Å². The molecule has 37 heavy (non-hydrogen) atoms. The van der Waals surface area contributed by atoms with Crippen molar-refractivity contribution in [3.8, 4) is 17.8 Å². The van der Waals surface area contributed by atoms with Crippen LogP contribution in [-0.2, 0) is 24.4 Å². The Hall–Kier alpha value is -4.73.